The molecule has 1 unspecified atom stereocenters. The maximum Gasteiger partial charge on any atom is 0.220 e. The van der Waals surface area contributed by atoms with E-state index in [2.05, 4.69) is 21.9 Å². The standard InChI is InChI=1S/C28H27Cl3FN5O3/c1-4-5-12-36(17(2)14-34-15-38)27(33-3)18-13-21(31)25(24-22(32)10-7-11-23(24)40)35-28(18)37(16-39)26-19(29)8-6-9-20(26)30/h4,6-11,13,15-17,40H,1,5,12,14H2,2-3H3,(H,34,38)/b33-27+. The normalized spacial score (nSPS) is 12.0. The van der Waals surface area contributed by atoms with Gasteiger partial charge in [0.15, 0.2) is 5.82 Å². The number of carbonyl (C=O) groups excluding carboxylic acids is 2. The number of aromatic hydroxyl groups is 1. The molecule has 2 aromatic carbocycles. The lowest BCUT2D eigenvalue weighted by atomic mass is 10.1. The lowest BCUT2D eigenvalue weighted by Gasteiger charge is -2.33. The monoisotopic (exact) mass is 605 g/mol. The molecule has 0 bridgehead atoms. The van der Waals surface area contributed by atoms with Gasteiger partial charge >= 0.3 is 0 Å². The zero-order valence-corrected chi connectivity index (χ0v) is 24.0. The second kappa shape index (κ2) is 14.1. The number of aliphatic imine (C=N–C) groups is 1. The van der Waals surface area contributed by atoms with Gasteiger partial charge in [-0.05, 0) is 43.7 Å². The molecule has 0 spiro atoms. The number of phenols is 1. The number of para-hydroxylation sites is 1. The summed E-state index contributed by atoms with van der Waals surface area (Å²) in [7, 11) is 1.55. The zero-order valence-electron chi connectivity index (χ0n) is 21.7. The number of phenolic OH excluding ortho intramolecular Hbond substituents is 1. The molecule has 0 saturated heterocycles. The van der Waals surface area contributed by atoms with E-state index in [4.69, 9.17) is 34.8 Å². The summed E-state index contributed by atoms with van der Waals surface area (Å²) in [5.41, 5.74) is 0.0508. The predicted molar refractivity (Wildman–Crippen MR) is 158 cm³/mol. The van der Waals surface area contributed by atoms with E-state index >= 15 is 0 Å². The van der Waals surface area contributed by atoms with E-state index in [1.54, 1.807) is 31.3 Å². The lowest BCUT2D eigenvalue weighted by molar-refractivity contribution is -0.109. The van der Waals surface area contributed by atoms with E-state index in [-0.39, 0.29) is 56.0 Å². The number of anilines is 2. The van der Waals surface area contributed by atoms with Crippen LogP contribution in [0.5, 0.6) is 5.75 Å². The maximum absolute atomic E-state index is 14.9. The largest absolute Gasteiger partial charge is 0.507 e. The third-order valence-corrected chi connectivity index (χ3v) is 6.92. The summed E-state index contributed by atoms with van der Waals surface area (Å²) in [6, 6.07) is 9.73. The number of hydrogen-bond donors (Lipinski definition) is 2. The summed E-state index contributed by atoms with van der Waals surface area (Å²) >= 11 is 19.6. The van der Waals surface area contributed by atoms with Crippen LogP contribution in [-0.2, 0) is 9.59 Å². The number of rotatable bonds is 12. The van der Waals surface area contributed by atoms with Crippen LogP contribution >= 0.6 is 34.8 Å². The van der Waals surface area contributed by atoms with Gasteiger partial charge in [0, 0.05) is 26.2 Å². The van der Waals surface area contributed by atoms with Crippen LogP contribution in [0, 0.1) is 5.82 Å². The minimum absolute atomic E-state index is 0.0151. The van der Waals surface area contributed by atoms with E-state index in [1.165, 1.54) is 18.2 Å². The Morgan fingerprint density at radius 1 is 1.18 bits per heavy atom. The first-order chi connectivity index (χ1) is 19.2. The quantitative estimate of drug-likeness (QED) is 0.110. The minimum atomic E-state index is -0.771. The van der Waals surface area contributed by atoms with Crippen LogP contribution in [0.25, 0.3) is 11.3 Å². The van der Waals surface area contributed by atoms with Crippen LogP contribution in [0.4, 0.5) is 15.9 Å². The molecule has 1 atom stereocenters. The van der Waals surface area contributed by atoms with Crippen molar-refractivity contribution in [2.75, 3.05) is 25.0 Å². The topological polar surface area (TPSA) is 98.1 Å². The van der Waals surface area contributed by atoms with Crippen LogP contribution < -0.4 is 10.2 Å². The zero-order chi connectivity index (χ0) is 29.4. The summed E-state index contributed by atoms with van der Waals surface area (Å²) in [5.74, 6) is -0.822. The first-order valence-electron chi connectivity index (χ1n) is 12.1. The summed E-state index contributed by atoms with van der Waals surface area (Å²) < 4.78 is 14.9. The SMILES string of the molecule is C=CCCN(/C(=N/C)c1cc(Cl)c(-c2c(O)cccc2F)nc1N(C=O)c1c(Cl)cccc1Cl)C(C)CNC=O. The van der Waals surface area contributed by atoms with Crippen molar-refractivity contribution in [3.63, 3.8) is 0 Å². The van der Waals surface area contributed by atoms with E-state index in [0.29, 0.717) is 31.6 Å². The number of amidine groups is 1. The highest BCUT2D eigenvalue weighted by atomic mass is 35.5. The Morgan fingerprint density at radius 2 is 1.85 bits per heavy atom. The van der Waals surface area contributed by atoms with Gasteiger partial charge in [0.1, 0.15) is 17.4 Å². The molecule has 0 fully saturated rings. The van der Waals surface area contributed by atoms with E-state index in [0.717, 1.165) is 11.0 Å². The van der Waals surface area contributed by atoms with Crippen molar-refractivity contribution in [1.29, 1.82) is 0 Å². The lowest BCUT2D eigenvalue weighted by Crippen LogP contribution is -2.45. The summed E-state index contributed by atoms with van der Waals surface area (Å²) in [5, 5.41) is 13.4. The van der Waals surface area contributed by atoms with Crippen LogP contribution in [0.3, 0.4) is 0 Å². The highest BCUT2D eigenvalue weighted by Gasteiger charge is 2.29. The predicted octanol–water partition coefficient (Wildman–Crippen LogP) is 6.24. The first-order valence-corrected chi connectivity index (χ1v) is 13.2. The second-order valence-electron chi connectivity index (χ2n) is 8.56. The molecule has 2 N–H and O–H groups in total. The fraction of sp³-hybridized carbons (Fsp3) is 0.214. The number of benzene rings is 2. The number of halogens is 4. The highest BCUT2D eigenvalue weighted by molar-refractivity contribution is 6.40. The molecule has 0 saturated carbocycles. The van der Waals surface area contributed by atoms with Gasteiger partial charge in [0.05, 0.1) is 37.6 Å². The van der Waals surface area contributed by atoms with Gasteiger partial charge in [0.25, 0.3) is 0 Å². The Morgan fingerprint density at radius 3 is 2.42 bits per heavy atom. The number of nitrogens with zero attached hydrogens (tertiary/aromatic N) is 4. The van der Waals surface area contributed by atoms with Crippen LogP contribution in [-0.4, -0.2) is 59.8 Å². The van der Waals surface area contributed by atoms with E-state index in [1.807, 2.05) is 11.8 Å². The number of hydrogen-bond acceptors (Lipinski definition) is 5. The average Bonchev–Trinajstić information content (AvgIpc) is 2.92. The molecule has 0 aliphatic heterocycles. The second-order valence-corrected chi connectivity index (χ2v) is 9.78. The minimum Gasteiger partial charge on any atom is -0.507 e. The third-order valence-electron chi connectivity index (χ3n) is 6.02. The molecule has 0 aliphatic carbocycles. The number of amides is 2. The number of pyridine rings is 1. The summed E-state index contributed by atoms with van der Waals surface area (Å²) in [4.78, 5) is 35.8. The van der Waals surface area contributed by atoms with Crippen molar-refractivity contribution in [2.45, 2.75) is 19.4 Å². The smallest absolute Gasteiger partial charge is 0.220 e. The molecular weight excluding hydrogens is 580 g/mol. The Kier molecular flexibility index (Phi) is 10.9. The van der Waals surface area contributed by atoms with Crippen LogP contribution in [0.2, 0.25) is 15.1 Å². The molecule has 40 heavy (non-hydrogen) atoms. The van der Waals surface area contributed by atoms with Gasteiger partial charge in [-0.25, -0.2) is 9.37 Å². The molecule has 3 rings (SSSR count). The van der Waals surface area contributed by atoms with Crippen molar-refractivity contribution < 1.29 is 19.1 Å². The van der Waals surface area contributed by atoms with Crippen molar-refractivity contribution in [3.8, 4) is 17.0 Å². The fourth-order valence-corrected chi connectivity index (χ4v) is 5.00. The molecule has 0 aliphatic rings. The molecule has 210 valence electrons. The van der Waals surface area contributed by atoms with Crippen molar-refractivity contribution >= 4 is 65.0 Å². The molecule has 1 aromatic heterocycles. The molecule has 0 radical (unpaired) electrons. The van der Waals surface area contributed by atoms with Gasteiger partial charge in [-0.3, -0.25) is 19.5 Å². The molecule has 3 aromatic rings. The van der Waals surface area contributed by atoms with Crippen molar-refractivity contribution in [1.82, 2.24) is 15.2 Å². The number of nitrogens with one attached hydrogen (secondary N) is 1. The number of carbonyl (C=O) groups is 2. The van der Waals surface area contributed by atoms with Gasteiger partial charge in [-0.2, -0.15) is 0 Å². The summed E-state index contributed by atoms with van der Waals surface area (Å²) in [6.07, 6.45) is 3.36. The van der Waals surface area contributed by atoms with Gasteiger partial charge in [-0.15, -0.1) is 6.58 Å². The van der Waals surface area contributed by atoms with Crippen molar-refractivity contribution in [3.05, 3.63) is 81.6 Å². The molecule has 12 heteroatoms. The maximum atomic E-state index is 14.9. The van der Waals surface area contributed by atoms with E-state index < -0.39 is 11.6 Å². The summed E-state index contributed by atoms with van der Waals surface area (Å²) in [6.45, 7) is 6.40. The molecule has 2 amide bonds. The fourth-order valence-electron chi connectivity index (χ4n) is 4.18. The van der Waals surface area contributed by atoms with Gasteiger partial charge < -0.3 is 15.3 Å². The Labute approximate surface area is 246 Å². The Bertz CT molecular complexity index is 1400. The van der Waals surface area contributed by atoms with Crippen molar-refractivity contribution in [2.24, 2.45) is 4.99 Å². The average molecular weight is 607 g/mol. The first kappa shape index (κ1) is 30.9. The highest BCUT2D eigenvalue weighted by Crippen LogP contribution is 2.42. The Hall–Kier alpha value is -3.66. The van der Waals surface area contributed by atoms with E-state index in [9.17, 15) is 19.1 Å². The third kappa shape index (κ3) is 6.55. The number of aromatic nitrogens is 1. The molecule has 1 heterocycles. The van der Waals surface area contributed by atoms with Gasteiger partial charge in [0.2, 0.25) is 12.8 Å². The molecule has 8 nitrogen and oxygen atoms in total. The van der Waals surface area contributed by atoms with Crippen LogP contribution in [0.15, 0.2) is 60.1 Å². The molecular formula is C28H27Cl3FN5O3. The van der Waals surface area contributed by atoms with Gasteiger partial charge in [-0.1, -0.05) is 53.0 Å². The van der Waals surface area contributed by atoms with Crippen LogP contribution in [0.1, 0.15) is 18.9 Å². The Balaban J connectivity index is 2.38.